The Bertz CT molecular complexity index is 437. The van der Waals surface area contributed by atoms with E-state index >= 15 is 0 Å². The molecule has 0 aliphatic carbocycles. The zero-order valence-electron chi connectivity index (χ0n) is 7.40. The molecule has 0 saturated heterocycles. The number of halogens is 1. The lowest BCUT2D eigenvalue weighted by molar-refractivity contribution is 0.419. The summed E-state index contributed by atoms with van der Waals surface area (Å²) in [7, 11) is 0. The first-order valence-corrected chi connectivity index (χ1v) is 5.68. The summed E-state index contributed by atoms with van der Waals surface area (Å²) in [6.45, 7) is 1.82. The van der Waals surface area contributed by atoms with Crippen molar-refractivity contribution in [3.8, 4) is 10.8 Å². The number of hydrogen-bond donors (Lipinski definition) is 1. The third kappa shape index (κ3) is 1.73. The van der Waals surface area contributed by atoms with Crippen molar-refractivity contribution in [2.24, 2.45) is 5.73 Å². The smallest absolute Gasteiger partial charge is 0.269 e. The Morgan fingerprint density at radius 3 is 2.93 bits per heavy atom. The largest absolute Gasteiger partial charge is 0.333 e. The summed E-state index contributed by atoms with van der Waals surface area (Å²) in [5, 5.41) is 5.74. The molecular formula is C8H8BrN3OS. The van der Waals surface area contributed by atoms with Crippen molar-refractivity contribution in [2.75, 3.05) is 0 Å². The Hall–Kier alpha value is -0.720. The van der Waals surface area contributed by atoms with Gasteiger partial charge in [-0.15, -0.1) is 11.3 Å². The Kier molecular flexibility index (Phi) is 2.66. The van der Waals surface area contributed by atoms with E-state index in [1.54, 1.807) is 11.3 Å². The SMILES string of the molecule is CC(N)c1noc(-c2sccc2Br)n1. The molecule has 0 saturated carbocycles. The van der Waals surface area contributed by atoms with Crippen LogP contribution in [0.4, 0.5) is 0 Å². The fourth-order valence-corrected chi connectivity index (χ4v) is 2.42. The van der Waals surface area contributed by atoms with Crippen LogP contribution in [0.3, 0.4) is 0 Å². The van der Waals surface area contributed by atoms with E-state index in [2.05, 4.69) is 26.1 Å². The zero-order chi connectivity index (χ0) is 10.1. The van der Waals surface area contributed by atoms with Crippen LogP contribution in [0.1, 0.15) is 18.8 Å². The second-order valence-electron chi connectivity index (χ2n) is 2.84. The van der Waals surface area contributed by atoms with Crippen LogP contribution in [0, 0.1) is 0 Å². The van der Waals surface area contributed by atoms with Crippen LogP contribution < -0.4 is 5.73 Å². The van der Waals surface area contributed by atoms with Crippen LogP contribution in [-0.2, 0) is 0 Å². The first-order valence-electron chi connectivity index (χ1n) is 4.01. The summed E-state index contributed by atoms with van der Waals surface area (Å²) in [5.74, 6) is 1.04. The molecule has 0 radical (unpaired) electrons. The minimum Gasteiger partial charge on any atom is -0.333 e. The molecular weight excluding hydrogens is 266 g/mol. The van der Waals surface area contributed by atoms with E-state index in [0.29, 0.717) is 11.7 Å². The van der Waals surface area contributed by atoms with E-state index in [9.17, 15) is 0 Å². The van der Waals surface area contributed by atoms with Gasteiger partial charge in [0.1, 0.15) is 4.88 Å². The van der Waals surface area contributed by atoms with Crippen molar-refractivity contribution >= 4 is 27.3 Å². The summed E-state index contributed by atoms with van der Waals surface area (Å²) < 4.78 is 6.05. The van der Waals surface area contributed by atoms with Gasteiger partial charge in [-0.3, -0.25) is 0 Å². The Morgan fingerprint density at radius 2 is 2.43 bits per heavy atom. The van der Waals surface area contributed by atoms with Gasteiger partial charge in [0.25, 0.3) is 5.89 Å². The van der Waals surface area contributed by atoms with Crippen LogP contribution in [-0.4, -0.2) is 10.1 Å². The highest BCUT2D eigenvalue weighted by molar-refractivity contribution is 9.10. The van der Waals surface area contributed by atoms with Crippen molar-refractivity contribution < 1.29 is 4.52 Å². The molecule has 14 heavy (non-hydrogen) atoms. The third-order valence-electron chi connectivity index (χ3n) is 1.66. The molecule has 0 aromatic carbocycles. The number of aromatic nitrogens is 2. The van der Waals surface area contributed by atoms with Gasteiger partial charge in [-0.2, -0.15) is 4.98 Å². The Morgan fingerprint density at radius 1 is 1.64 bits per heavy atom. The molecule has 0 aliphatic heterocycles. The number of nitrogens with zero attached hydrogens (tertiary/aromatic N) is 2. The minimum absolute atomic E-state index is 0.203. The van der Waals surface area contributed by atoms with Crippen LogP contribution in [0.2, 0.25) is 0 Å². The van der Waals surface area contributed by atoms with Gasteiger partial charge in [0.05, 0.1) is 6.04 Å². The first kappa shape index (κ1) is 9.82. The van der Waals surface area contributed by atoms with Gasteiger partial charge in [-0.1, -0.05) is 5.16 Å². The fourth-order valence-electron chi connectivity index (χ4n) is 0.958. The molecule has 2 aromatic heterocycles. The summed E-state index contributed by atoms with van der Waals surface area (Å²) >= 11 is 4.94. The lowest BCUT2D eigenvalue weighted by atomic mass is 10.3. The van der Waals surface area contributed by atoms with Gasteiger partial charge in [0.15, 0.2) is 5.82 Å². The molecule has 4 nitrogen and oxygen atoms in total. The Labute approximate surface area is 93.3 Å². The molecule has 0 fully saturated rings. The molecule has 0 amide bonds. The van der Waals surface area contributed by atoms with Gasteiger partial charge in [-0.05, 0) is 34.3 Å². The first-order chi connectivity index (χ1) is 6.68. The fraction of sp³-hybridized carbons (Fsp3) is 0.250. The molecule has 74 valence electrons. The highest BCUT2D eigenvalue weighted by Crippen LogP contribution is 2.32. The quantitative estimate of drug-likeness (QED) is 0.914. The molecule has 2 heterocycles. The summed E-state index contributed by atoms with van der Waals surface area (Å²) in [6, 6.07) is 1.74. The molecule has 6 heteroatoms. The molecule has 2 N–H and O–H groups in total. The summed E-state index contributed by atoms with van der Waals surface area (Å²) in [5.41, 5.74) is 5.63. The predicted octanol–water partition coefficient (Wildman–Crippen LogP) is 2.58. The lowest BCUT2D eigenvalue weighted by Gasteiger charge is -1.92. The van der Waals surface area contributed by atoms with Crippen molar-refractivity contribution in [2.45, 2.75) is 13.0 Å². The molecule has 0 aliphatic rings. The maximum absolute atomic E-state index is 5.63. The van der Waals surface area contributed by atoms with Crippen LogP contribution >= 0.6 is 27.3 Å². The number of nitrogens with two attached hydrogens (primary N) is 1. The monoisotopic (exact) mass is 273 g/mol. The Balaban J connectivity index is 2.39. The number of rotatable bonds is 2. The van der Waals surface area contributed by atoms with Crippen LogP contribution in [0.5, 0.6) is 0 Å². The van der Waals surface area contributed by atoms with E-state index in [-0.39, 0.29) is 6.04 Å². The molecule has 1 unspecified atom stereocenters. The molecule has 1 atom stereocenters. The summed E-state index contributed by atoms with van der Waals surface area (Å²) in [4.78, 5) is 5.13. The van der Waals surface area contributed by atoms with Gasteiger partial charge < -0.3 is 10.3 Å². The van der Waals surface area contributed by atoms with Crippen LogP contribution in [0.25, 0.3) is 10.8 Å². The molecule has 0 spiro atoms. The van der Waals surface area contributed by atoms with Gasteiger partial charge >= 0.3 is 0 Å². The van der Waals surface area contributed by atoms with E-state index in [4.69, 9.17) is 10.3 Å². The van der Waals surface area contributed by atoms with Crippen molar-refractivity contribution in [3.05, 3.63) is 21.7 Å². The van der Waals surface area contributed by atoms with Crippen LogP contribution in [0.15, 0.2) is 20.4 Å². The van der Waals surface area contributed by atoms with Crippen molar-refractivity contribution in [3.63, 3.8) is 0 Å². The lowest BCUT2D eigenvalue weighted by Crippen LogP contribution is -2.06. The summed E-state index contributed by atoms with van der Waals surface area (Å²) in [6.07, 6.45) is 0. The standard InChI is InChI=1S/C8H8BrN3OS/c1-4(10)7-11-8(13-12-7)6-5(9)2-3-14-6/h2-4H,10H2,1H3. The second-order valence-corrected chi connectivity index (χ2v) is 4.61. The third-order valence-corrected chi connectivity index (χ3v) is 3.49. The number of thiophene rings is 1. The average Bonchev–Trinajstić information content (AvgIpc) is 2.71. The number of hydrogen-bond acceptors (Lipinski definition) is 5. The minimum atomic E-state index is -0.203. The van der Waals surface area contributed by atoms with Gasteiger partial charge in [-0.25, -0.2) is 0 Å². The van der Waals surface area contributed by atoms with Crippen molar-refractivity contribution in [1.29, 1.82) is 0 Å². The highest BCUT2D eigenvalue weighted by atomic mass is 79.9. The zero-order valence-corrected chi connectivity index (χ0v) is 9.80. The second kappa shape index (κ2) is 3.80. The highest BCUT2D eigenvalue weighted by Gasteiger charge is 2.14. The topological polar surface area (TPSA) is 64.9 Å². The maximum atomic E-state index is 5.63. The predicted molar refractivity (Wildman–Crippen MR) is 57.9 cm³/mol. The molecule has 2 rings (SSSR count). The molecule has 2 aromatic rings. The van der Waals surface area contributed by atoms with E-state index < -0.39 is 0 Å². The van der Waals surface area contributed by atoms with Crippen molar-refractivity contribution in [1.82, 2.24) is 10.1 Å². The van der Waals surface area contributed by atoms with Gasteiger partial charge in [0.2, 0.25) is 0 Å². The van der Waals surface area contributed by atoms with E-state index in [1.165, 1.54) is 0 Å². The van der Waals surface area contributed by atoms with Gasteiger partial charge in [0, 0.05) is 4.47 Å². The average molecular weight is 274 g/mol. The van der Waals surface area contributed by atoms with E-state index in [1.807, 2.05) is 18.4 Å². The normalized spacial score (nSPS) is 13.1. The maximum Gasteiger partial charge on any atom is 0.269 e. The van der Waals surface area contributed by atoms with E-state index in [0.717, 1.165) is 9.35 Å². The molecule has 0 bridgehead atoms.